The van der Waals surface area contributed by atoms with Crippen LogP contribution in [0.5, 0.6) is 0 Å². The number of benzene rings is 1. The number of rotatable bonds is 1. The maximum Gasteiger partial charge on any atom is 0.132 e. The molecule has 2 aliphatic rings. The highest BCUT2D eigenvalue weighted by Gasteiger charge is 2.51. The van der Waals surface area contributed by atoms with Crippen molar-refractivity contribution in [3.05, 3.63) is 35.4 Å². The summed E-state index contributed by atoms with van der Waals surface area (Å²) in [4.78, 5) is 0. The molecule has 3 unspecified atom stereocenters. The van der Waals surface area contributed by atoms with Gasteiger partial charge in [0.25, 0.3) is 0 Å². The van der Waals surface area contributed by atoms with Crippen LogP contribution in [-0.2, 0) is 5.60 Å². The standard InChI is InChI=1S/C13H14F2O/c14-10-3-4-11(12(15)6-10)13(16)7-8-1-2-9(13)5-8/h3-4,6,8-9,16H,1-2,5,7H2. The first-order valence-corrected chi connectivity index (χ1v) is 5.77. The molecule has 2 bridgehead atoms. The lowest BCUT2D eigenvalue weighted by atomic mass is 9.79. The van der Waals surface area contributed by atoms with E-state index in [0.29, 0.717) is 12.3 Å². The van der Waals surface area contributed by atoms with E-state index in [9.17, 15) is 13.9 Å². The van der Waals surface area contributed by atoms with Gasteiger partial charge in [-0.1, -0.05) is 6.07 Å². The maximum atomic E-state index is 13.7. The van der Waals surface area contributed by atoms with E-state index in [4.69, 9.17) is 0 Å². The Labute approximate surface area is 93.1 Å². The van der Waals surface area contributed by atoms with Gasteiger partial charge < -0.3 is 5.11 Å². The third-order valence-corrected chi connectivity index (χ3v) is 4.21. The van der Waals surface area contributed by atoms with E-state index in [1.807, 2.05) is 0 Å². The fourth-order valence-corrected chi connectivity index (χ4v) is 3.47. The van der Waals surface area contributed by atoms with Crippen LogP contribution in [0.1, 0.15) is 31.2 Å². The number of fused-ring (bicyclic) bond motifs is 2. The minimum atomic E-state index is -1.05. The molecule has 3 atom stereocenters. The molecule has 0 radical (unpaired) electrons. The molecule has 1 aromatic rings. The second kappa shape index (κ2) is 3.27. The van der Waals surface area contributed by atoms with E-state index >= 15 is 0 Å². The summed E-state index contributed by atoms with van der Waals surface area (Å²) in [6.45, 7) is 0. The van der Waals surface area contributed by atoms with Crippen molar-refractivity contribution in [2.75, 3.05) is 0 Å². The summed E-state index contributed by atoms with van der Waals surface area (Å²) in [6, 6.07) is 3.48. The van der Waals surface area contributed by atoms with Crippen LogP contribution in [-0.4, -0.2) is 5.11 Å². The first-order chi connectivity index (χ1) is 7.59. The molecule has 2 aliphatic carbocycles. The molecule has 3 rings (SSSR count). The Morgan fingerprint density at radius 3 is 2.62 bits per heavy atom. The lowest BCUT2D eigenvalue weighted by Crippen LogP contribution is -2.33. The molecule has 1 aromatic carbocycles. The Bertz CT molecular complexity index is 432. The van der Waals surface area contributed by atoms with Crippen molar-refractivity contribution < 1.29 is 13.9 Å². The zero-order valence-electron chi connectivity index (χ0n) is 8.92. The Hall–Kier alpha value is -0.960. The Kier molecular flexibility index (Phi) is 2.08. The van der Waals surface area contributed by atoms with Gasteiger partial charge in [0.2, 0.25) is 0 Å². The van der Waals surface area contributed by atoms with Gasteiger partial charge >= 0.3 is 0 Å². The minimum absolute atomic E-state index is 0.150. The number of hydrogen-bond donors (Lipinski definition) is 1. The average Bonchev–Trinajstić information content (AvgIpc) is 2.76. The highest BCUT2D eigenvalue weighted by atomic mass is 19.1. The molecule has 0 aromatic heterocycles. The van der Waals surface area contributed by atoms with Crippen LogP contribution in [0.4, 0.5) is 8.78 Å². The molecule has 1 N–H and O–H groups in total. The largest absolute Gasteiger partial charge is 0.385 e. The van der Waals surface area contributed by atoms with Gasteiger partial charge in [-0.2, -0.15) is 0 Å². The molecule has 0 heterocycles. The summed E-state index contributed by atoms with van der Waals surface area (Å²) in [5, 5.41) is 10.6. The van der Waals surface area contributed by atoms with Crippen molar-refractivity contribution in [3.63, 3.8) is 0 Å². The van der Waals surface area contributed by atoms with E-state index in [0.717, 1.165) is 25.3 Å². The molecular weight excluding hydrogens is 210 g/mol. The van der Waals surface area contributed by atoms with E-state index in [1.54, 1.807) is 0 Å². The van der Waals surface area contributed by atoms with Gasteiger partial charge in [-0.15, -0.1) is 0 Å². The zero-order chi connectivity index (χ0) is 11.3. The van der Waals surface area contributed by atoms with Gasteiger partial charge in [-0.25, -0.2) is 8.78 Å². The van der Waals surface area contributed by atoms with Crippen molar-refractivity contribution in [3.8, 4) is 0 Å². The molecule has 16 heavy (non-hydrogen) atoms. The average molecular weight is 224 g/mol. The van der Waals surface area contributed by atoms with Crippen molar-refractivity contribution in [1.29, 1.82) is 0 Å². The van der Waals surface area contributed by atoms with Gasteiger partial charge in [0.1, 0.15) is 11.6 Å². The summed E-state index contributed by atoms with van der Waals surface area (Å²) in [5.41, 5.74) is -0.776. The molecular formula is C13H14F2O. The molecule has 2 fully saturated rings. The Morgan fingerprint density at radius 1 is 1.25 bits per heavy atom. The highest BCUT2D eigenvalue weighted by Crippen LogP contribution is 2.55. The van der Waals surface area contributed by atoms with Crippen LogP contribution < -0.4 is 0 Å². The Balaban J connectivity index is 2.03. The summed E-state index contributed by atoms with van der Waals surface area (Å²) in [7, 11) is 0. The van der Waals surface area contributed by atoms with Gasteiger partial charge in [-0.3, -0.25) is 0 Å². The molecule has 0 aliphatic heterocycles. The predicted molar refractivity (Wildman–Crippen MR) is 55.7 cm³/mol. The van der Waals surface area contributed by atoms with Crippen LogP contribution in [0.15, 0.2) is 18.2 Å². The van der Waals surface area contributed by atoms with E-state index in [1.165, 1.54) is 12.1 Å². The van der Waals surface area contributed by atoms with E-state index in [-0.39, 0.29) is 11.5 Å². The zero-order valence-corrected chi connectivity index (χ0v) is 8.92. The van der Waals surface area contributed by atoms with E-state index < -0.39 is 17.2 Å². The Morgan fingerprint density at radius 2 is 2.06 bits per heavy atom. The van der Waals surface area contributed by atoms with Gasteiger partial charge in [0.15, 0.2) is 0 Å². The molecule has 2 saturated carbocycles. The van der Waals surface area contributed by atoms with Crippen molar-refractivity contribution in [1.82, 2.24) is 0 Å². The first-order valence-electron chi connectivity index (χ1n) is 5.77. The van der Waals surface area contributed by atoms with Gasteiger partial charge in [0.05, 0.1) is 5.60 Å². The second-order valence-corrected chi connectivity index (χ2v) is 5.13. The smallest absolute Gasteiger partial charge is 0.132 e. The molecule has 86 valence electrons. The summed E-state index contributed by atoms with van der Waals surface area (Å²) in [5.74, 6) is -0.542. The fraction of sp³-hybridized carbons (Fsp3) is 0.538. The molecule has 3 heteroatoms. The normalized spacial score (nSPS) is 36.9. The summed E-state index contributed by atoms with van der Waals surface area (Å²) < 4.78 is 26.5. The summed E-state index contributed by atoms with van der Waals surface area (Å²) >= 11 is 0. The minimum Gasteiger partial charge on any atom is -0.385 e. The van der Waals surface area contributed by atoms with Crippen molar-refractivity contribution in [2.24, 2.45) is 11.8 Å². The first kappa shape index (κ1) is 10.2. The third-order valence-electron chi connectivity index (χ3n) is 4.21. The topological polar surface area (TPSA) is 20.2 Å². The van der Waals surface area contributed by atoms with E-state index in [2.05, 4.69) is 0 Å². The van der Waals surface area contributed by atoms with Crippen LogP contribution in [0.2, 0.25) is 0 Å². The van der Waals surface area contributed by atoms with Crippen LogP contribution in [0, 0.1) is 23.5 Å². The third kappa shape index (κ3) is 1.31. The van der Waals surface area contributed by atoms with Crippen LogP contribution >= 0.6 is 0 Å². The fourth-order valence-electron chi connectivity index (χ4n) is 3.47. The highest BCUT2D eigenvalue weighted by molar-refractivity contribution is 5.28. The van der Waals surface area contributed by atoms with Crippen LogP contribution in [0.25, 0.3) is 0 Å². The predicted octanol–water partition coefficient (Wildman–Crippen LogP) is 2.97. The second-order valence-electron chi connectivity index (χ2n) is 5.13. The van der Waals surface area contributed by atoms with Crippen LogP contribution in [0.3, 0.4) is 0 Å². The summed E-state index contributed by atoms with van der Waals surface area (Å²) in [6.07, 6.45) is 3.70. The number of aliphatic hydroxyl groups is 1. The van der Waals surface area contributed by atoms with Gasteiger partial charge in [0, 0.05) is 11.6 Å². The quantitative estimate of drug-likeness (QED) is 0.777. The molecule has 0 spiro atoms. The number of halogens is 2. The lowest BCUT2D eigenvalue weighted by molar-refractivity contribution is -0.0212. The number of hydrogen-bond acceptors (Lipinski definition) is 1. The lowest BCUT2D eigenvalue weighted by Gasteiger charge is -2.33. The van der Waals surface area contributed by atoms with Crippen molar-refractivity contribution in [2.45, 2.75) is 31.3 Å². The molecule has 1 nitrogen and oxygen atoms in total. The van der Waals surface area contributed by atoms with Gasteiger partial charge in [-0.05, 0) is 43.6 Å². The molecule has 0 saturated heterocycles. The van der Waals surface area contributed by atoms with Crippen molar-refractivity contribution >= 4 is 0 Å². The monoisotopic (exact) mass is 224 g/mol. The molecule has 0 amide bonds. The SMILES string of the molecule is OC1(c2ccc(F)cc2F)CC2CCC1C2. The maximum absolute atomic E-state index is 13.7.